The van der Waals surface area contributed by atoms with Gasteiger partial charge in [-0.2, -0.15) is 0 Å². The molecule has 1 aromatic heterocycles. The normalized spacial score (nSPS) is 14.5. The standard InChI is InChI=1S/C25H27Cl2N3O3/c1-2-32-20-6-3-18(4-7-20)17-29-11-13-30(14-12-29)25(31)10-9-24-28-16-23(33-24)21-8-5-19(26)15-22(21)27/h3-8,15-16H,2,9-14,17H2,1H3. The number of piperazine rings is 1. The topological polar surface area (TPSA) is 58.8 Å². The lowest BCUT2D eigenvalue weighted by Crippen LogP contribution is -2.48. The summed E-state index contributed by atoms with van der Waals surface area (Å²) in [7, 11) is 0. The molecule has 33 heavy (non-hydrogen) atoms. The molecule has 174 valence electrons. The Morgan fingerprint density at radius 3 is 2.55 bits per heavy atom. The molecule has 0 bridgehead atoms. The van der Waals surface area contributed by atoms with E-state index in [-0.39, 0.29) is 5.91 Å². The summed E-state index contributed by atoms with van der Waals surface area (Å²) < 4.78 is 11.3. The van der Waals surface area contributed by atoms with Gasteiger partial charge in [0.25, 0.3) is 0 Å². The molecule has 0 spiro atoms. The van der Waals surface area contributed by atoms with Crippen molar-refractivity contribution in [2.24, 2.45) is 0 Å². The molecule has 0 saturated carbocycles. The second kappa shape index (κ2) is 11.1. The number of amides is 1. The van der Waals surface area contributed by atoms with E-state index in [1.54, 1.807) is 24.4 Å². The Morgan fingerprint density at radius 2 is 1.85 bits per heavy atom. The number of rotatable bonds is 8. The Bertz CT molecular complexity index is 1080. The van der Waals surface area contributed by atoms with Gasteiger partial charge in [0.15, 0.2) is 11.7 Å². The van der Waals surface area contributed by atoms with Gasteiger partial charge in [-0.25, -0.2) is 4.98 Å². The van der Waals surface area contributed by atoms with Crippen molar-refractivity contribution in [2.45, 2.75) is 26.3 Å². The number of oxazole rings is 1. The quantitative estimate of drug-likeness (QED) is 0.430. The van der Waals surface area contributed by atoms with E-state index >= 15 is 0 Å². The molecule has 1 saturated heterocycles. The minimum atomic E-state index is 0.125. The summed E-state index contributed by atoms with van der Waals surface area (Å²) in [5.41, 5.74) is 1.98. The van der Waals surface area contributed by atoms with Crippen molar-refractivity contribution in [3.8, 4) is 17.1 Å². The predicted octanol–water partition coefficient (Wildman–Crippen LogP) is 5.32. The Hall–Kier alpha value is -2.54. The van der Waals surface area contributed by atoms with Gasteiger partial charge >= 0.3 is 0 Å². The number of ether oxygens (including phenoxy) is 1. The fourth-order valence-corrected chi connectivity index (χ4v) is 4.38. The van der Waals surface area contributed by atoms with Gasteiger partial charge in [-0.1, -0.05) is 35.3 Å². The zero-order chi connectivity index (χ0) is 23.2. The molecule has 0 atom stereocenters. The number of halogens is 2. The monoisotopic (exact) mass is 487 g/mol. The third-order valence-electron chi connectivity index (χ3n) is 5.67. The first-order valence-corrected chi connectivity index (χ1v) is 11.9. The van der Waals surface area contributed by atoms with Crippen molar-refractivity contribution >= 4 is 29.1 Å². The summed E-state index contributed by atoms with van der Waals surface area (Å²) in [5, 5.41) is 1.07. The molecule has 0 radical (unpaired) electrons. The average molecular weight is 488 g/mol. The summed E-state index contributed by atoms with van der Waals surface area (Å²) in [6.07, 6.45) is 2.46. The molecule has 1 amide bonds. The van der Waals surface area contributed by atoms with Crippen molar-refractivity contribution in [2.75, 3.05) is 32.8 Å². The van der Waals surface area contributed by atoms with Crippen molar-refractivity contribution in [1.29, 1.82) is 0 Å². The molecule has 0 N–H and O–H groups in total. The van der Waals surface area contributed by atoms with Crippen LogP contribution in [-0.4, -0.2) is 53.5 Å². The van der Waals surface area contributed by atoms with E-state index < -0.39 is 0 Å². The summed E-state index contributed by atoms with van der Waals surface area (Å²) in [5.74, 6) is 2.12. The largest absolute Gasteiger partial charge is 0.494 e. The van der Waals surface area contributed by atoms with Crippen LogP contribution < -0.4 is 4.74 Å². The van der Waals surface area contributed by atoms with Crippen LogP contribution in [0.15, 0.2) is 53.1 Å². The third-order valence-corrected chi connectivity index (χ3v) is 6.22. The van der Waals surface area contributed by atoms with E-state index in [0.29, 0.717) is 41.1 Å². The molecule has 1 aliphatic heterocycles. The number of aromatic nitrogens is 1. The summed E-state index contributed by atoms with van der Waals surface area (Å²) in [4.78, 5) is 21.3. The van der Waals surface area contributed by atoms with E-state index in [2.05, 4.69) is 22.0 Å². The van der Waals surface area contributed by atoms with Gasteiger partial charge < -0.3 is 14.1 Å². The fraction of sp³-hybridized carbons (Fsp3) is 0.360. The Labute approximate surface area is 204 Å². The Morgan fingerprint density at radius 1 is 1.09 bits per heavy atom. The third kappa shape index (κ3) is 6.28. The second-order valence-corrected chi connectivity index (χ2v) is 8.82. The minimum absolute atomic E-state index is 0.125. The molecule has 3 aromatic rings. The summed E-state index contributed by atoms with van der Waals surface area (Å²) >= 11 is 12.2. The number of carbonyl (C=O) groups is 1. The highest BCUT2D eigenvalue weighted by atomic mass is 35.5. The zero-order valence-corrected chi connectivity index (χ0v) is 20.1. The molecule has 0 unspecified atom stereocenters. The first-order valence-electron chi connectivity index (χ1n) is 11.1. The zero-order valence-electron chi connectivity index (χ0n) is 18.6. The van der Waals surface area contributed by atoms with E-state index in [4.69, 9.17) is 32.4 Å². The van der Waals surface area contributed by atoms with Gasteiger partial charge in [-0.3, -0.25) is 9.69 Å². The van der Waals surface area contributed by atoms with Crippen LogP contribution in [0.25, 0.3) is 11.3 Å². The molecule has 6 nitrogen and oxygen atoms in total. The maximum atomic E-state index is 12.7. The highest BCUT2D eigenvalue weighted by molar-refractivity contribution is 6.36. The number of carbonyl (C=O) groups excluding carboxylic acids is 1. The average Bonchev–Trinajstić information content (AvgIpc) is 3.28. The van der Waals surface area contributed by atoms with Crippen LogP contribution in [0, 0.1) is 0 Å². The highest BCUT2D eigenvalue weighted by Gasteiger charge is 2.21. The van der Waals surface area contributed by atoms with Gasteiger partial charge in [0, 0.05) is 56.2 Å². The molecule has 0 aliphatic carbocycles. The Balaban J connectivity index is 1.23. The second-order valence-electron chi connectivity index (χ2n) is 7.98. The molecular formula is C25H27Cl2N3O3. The van der Waals surface area contributed by atoms with Gasteiger partial charge in [0.2, 0.25) is 5.91 Å². The molecule has 8 heteroatoms. The van der Waals surface area contributed by atoms with Gasteiger partial charge in [0.1, 0.15) is 5.75 Å². The number of hydrogen-bond acceptors (Lipinski definition) is 5. The fourth-order valence-electron chi connectivity index (χ4n) is 3.88. The number of aryl methyl sites for hydroxylation is 1. The Kier molecular flexibility index (Phi) is 7.91. The summed E-state index contributed by atoms with van der Waals surface area (Å²) in [6.45, 7) is 6.70. The van der Waals surface area contributed by atoms with Crippen LogP contribution in [0.3, 0.4) is 0 Å². The van der Waals surface area contributed by atoms with E-state index in [0.717, 1.165) is 44.0 Å². The van der Waals surface area contributed by atoms with E-state index in [9.17, 15) is 4.79 Å². The van der Waals surface area contributed by atoms with Crippen molar-refractivity contribution in [3.05, 3.63) is 70.2 Å². The number of benzene rings is 2. The molecule has 2 heterocycles. The minimum Gasteiger partial charge on any atom is -0.494 e. The lowest BCUT2D eigenvalue weighted by Gasteiger charge is -2.34. The first-order chi connectivity index (χ1) is 16.0. The maximum absolute atomic E-state index is 12.7. The van der Waals surface area contributed by atoms with Gasteiger partial charge in [0.05, 0.1) is 17.8 Å². The van der Waals surface area contributed by atoms with Gasteiger partial charge in [-0.05, 0) is 42.8 Å². The lowest BCUT2D eigenvalue weighted by atomic mass is 10.2. The van der Waals surface area contributed by atoms with E-state index in [1.165, 1.54) is 5.56 Å². The molecular weight excluding hydrogens is 461 g/mol. The molecule has 2 aromatic carbocycles. The first kappa shape index (κ1) is 23.6. The van der Waals surface area contributed by atoms with Crippen LogP contribution in [0.5, 0.6) is 5.75 Å². The molecule has 1 aliphatic rings. The van der Waals surface area contributed by atoms with E-state index in [1.807, 2.05) is 24.0 Å². The predicted molar refractivity (Wildman–Crippen MR) is 130 cm³/mol. The smallest absolute Gasteiger partial charge is 0.223 e. The molecule has 1 fully saturated rings. The number of hydrogen-bond donors (Lipinski definition) is 0. The van der Waals surface area contributed by atoms with Crippen LogP contribution in [-0.2, 0) is 17.8 Å². The van der Waals surface area contributed by atoms with Crippen LogP contribution in [0.1, 0.15) is 24.8 Å². The maximum Gasteiger partial charge on any atom is 0.223 e. The highest BCUT2D eigenvalue weighted by Crippen LogP contribution is 2.31. The van der Waals surface area contributed by atoms with Crippen LogP contribution in [0.4, 0.5) is 0 Å². The lowest BCUT2D eigenvalue weighted by molar-refractivity contribution is -0.133. The SMILES string of the molecule is CCOc1ccc(CN2CCN(C(=O)CCc3ncc(-c4ccc(Cl)cc4Cl)o3)CC2)cc1. The van der Waals surface area contributed by atoms with Crippen LogP contribution in [0.2, 0.25) is 10.0 Å². The molecule has 4 rings (SSSR count). The van der Waals surface area contributed by atoms with Crippen molar-refractivity contribution in [1.82, 2.24) is 14.8 Å². The van der Waals surface area contributed by atoms with Crippen molar-refractivity contribution < 1.29 is 13.9 Å². The number of nitrogens with zero attached hydrogens (tertiary/aromatic N) is 3. The summed E-state index contributed by atoms with van der Waals surface area (Å²) in [6, 6.07) is 13.4. The van der Waals surface area contributed by atoms with Crippen LogP contribution >= 0.6 is 23.2 Å². The van der Waals surface area contributed by atoms with Crippen molar-refractivity contribution in [3.63, 3.8) is 0 Å². The van der Waals surface area contributed by atoms with Gasteiger partial charge in [-0.15, -0.1) is 0 Å².